The first-order chi connectivity index (χ1) is 18.5. The molecule has 2 amide bonds. The lowest BCUT2D eigenvalue weighted by molar-refractivity contribution is -0.142. The van der Waals surface area contributed by atoms with Gasteiger partial charge >= 0.3 is 6.18 Å². The summed E-state index contributed by atoms with van der Waals surface area (Å²) in [7, 11) is 0. The highest BCUT2D eigenvalue weighted by molar-refractivity contribution is 6.32. The summed E-state index contributed by atoms with van der Waals surface area (Å²) < 4.78 is 43.4. The van der Waals surface area contributed by atoms with E-state index in [-0.39, 0.29) is 60.3 Å². The lowest BCUT2D eigenvalue weighted by Crippen LogP contribution is -2.44. The van der Waals surface area contributed by atoms with Crippen molar-refractivity contribution in [3.8, 4) is 11.8 Å². The topological polar surface area (TPSA) is 93.1 Å². The van der Waals surface area contributed by atoms with Gasteiger partial charge in [-0.3, -0.25) is 9.59 Å². The van der Waals surface area contributed by atoms with Gasteiger partial charge in [-0.25, -0.2) is 0 Å². The fourth-order valence-electron chi connectivity index (χ4n) is 4.56. The number of nitrogens with zero attached hydrogens (tertiary/aromatic N) is 2. The van der Waals surface area contributed by atoms with Gasteiger partial charge in [0.1, 0.15) is 0 Å². The van der Waals surface area contributed by atoms with Gasteiger partial charge in [0.25, 0.3) is 5.91 Å². The minimum absolute atomic E-state index is 0.00477. The Morgan fingerprint density at radius 3 is 2.51 bits per heavy atom. The van der Waals surface area contributed by atoms with Crippen LogP contribution in [0.3, 0.4) is 0 Å². The molecule has 1 aliphatic heterocycles. The number of fused-ring (bicyclic) bond motifs is 1. The predicted molar refractivity (Wildman–Crippen MR) is 142 cm³/mol. The first-order valence-electron chi connectivity index (χ1n) is 12.6. The summed E-state index contributed by atoms with van der Waals surface area (Å²) in [6.45, 7) is 5.51. The standard InChI is InChI=1S/C28H31ClF3N3O4/c1-3-34(4-2)14-15-35-23-18-19(9-5-8-12-24(37)33-13-16-36)17-21(28(30,31)32)25(23)27(39,26(35)38)20-10-6-7-11-22(20)29/h6-7,10-11,17-18,36,39H,3-4,8,12-16H2,1-2H3,(H,33,37). The second kappa shape index (κ2) is 12.8. The number of amides is 2. The van der Waals surface area contributed by atoms with Gasteiger partial charge in [-0.05, 0) is 31.3 Å². The molecule has 3 N–H and O–H groups in total. The van der Waals surface area contributed by atoms with Gasteiger partial charge < -0.3 is 25.3 Å². The zero-order chi connectivity index (χ0) is 28.8. The average Bonchev–Trinajstić information content (AvgIpc) is 3.11. The lowest BCUT2D eigenvalue weighted by atomic mass is 9.83. The third kappa shape index (κ3) is 6.56. The molecule has 7 nitrogen and oxygen atoms in total. The Morgan fingerprint density at radius 2 is 1.90 bits per heavy atom. The summed E-state index contributed by atoms with van der Waals surface area (Å²) in [5, 5.41) is 23.0. The molecule has 0 fully saturated rings. The average molecular weight is 566 g/mol. The number of hydrogen-bond acceptors (Lipinski definition) is 5. The van der Waals surface area contributed by atoms with E-state index in [9.17, 15) is 27.9 Å². The van der Waals surface area contributed by atoms with Crippen LogP contribution < -0.4 is 10.2 Å². The number of likely N-dealkylation sites (N-methyl/N-ethyl adjacent to an activating group) is 1. The molecule has 0 saturated carbocycles. The normalized spacial score (nSPS) is 16.7. The third-order valence-electron chi connectivity index (χ3n) is 6.57. The van der Waals surface area contributed by atoms with Crippen LogP contribution in [0.2, 0.25) is 5.02 Å². The van der Waals surface area contributed by atoms with Gasteiger partial charge in [0, 0.05) is 54.2 Å². The maximum atomic E-state index is 14.5. The molecule has 3 rings (SSSR count). The number of carbonyl (C=O) groups excluding carboxylic acids is 2. The van der Waals surface area contributed by atoms with Crippen molar-refractivity contribution in [3.05, 3.63) is 63.7 Å². The number of hydrogen-bond donors (Lipinski definition) is 3. The van der Waals surface area contributed by atoms with Crippen LogP contribution in [0.4, 0.5) is 18.9 Å². The fraction of sp³-hybridized carbons (Fsp3) is 0.429. The number of aliphatic hydroxyl groups excluding tert-OH is 1. The Bertz CT molecular complexity index is 1270. The number of benzene rings is 2. The van der Waals surface area contributed by atoms with Gasteiger partial charge in [-0.2, -0.15) is 13.2 Å². The Kier molecular flexibility index (Phi) is 10.0. The SMILES string of the molecule is CCN(CC)CCN1C(=O)C(O)(c2ccccc2Cl)c2c1cc(C#CCCC(=O)NCCO)cc2C(F)(F)F. The molecule has 0 aromatic heterocycles. The third-order valence-corrected chi connectivity index (χ3v) is 6.90. The molecule has 0 radical (unpaired) electrons. The number of carbonyl (C=O) groups is 2. The van der Waals surface area contributed by atoms with E-state index in [1.165, 1.54) is 29.2 Å². The smallest absolute Gasteiger partial charge is 0.395 e. The van der Waals surface area contributed by atoms with E-state index in [0.717, 1.165) is 6.07 Å². The summed E-state index contributed by atoms with van der Waals surface area (Å²) in [4.78, 5) is 28.7. The molecule has 1 aliphatic rings. The zero-order valence-corrected chi connectivity index (χ0v) is 22.5. The van der Waals surface area contributed by atoms with Gasteiger partial charge in [-0.1, -0.05) is 55.5 Å². The summed E-state index contributed by atoms with van der Waals surface area (Å²) in [6, 6.07) is 7.96. The maximum Gasteiger partial charge on any atom is 0.416 e. The lowest BCUT2D eigenvalue weighted by Gasteiger charge is -2.27. The van der Waals surface area contributed by atoms with Crippen LogP contribution in [0.5, 0.6) is 0 Å². The van der Waals surface area contributed by atoms with Crippen molar-refractivity contribution >= 4 is 29.1 Å². The van der Waals surface area contributed by atoms with E-state index in [4.69, 9.17) is 16.7 Å². The molecular weight excluding hydrogens is 535 g/mol. The fourth-order valence-corrected chi connectivity index (χ4v) is 4.83. The van der Waals surface area contributed by atoms with Crippen LogP contribution in [0.25, 0.3) is 0 Å². The maximum absolute atomic E-state index is 14.5. The first kappa shape index (κ1) is 30.4. The number of halogens is 4. The molecule has 0 spiro atoms. The Labute approximate surface area is 230 Å². The monoisotopic (exact) mass is 565 g/mol. The van der Waals surface area contributed by atoms with E-state index < -0.39 is 28.8 Å². The van der Waals surface area contributed by atoms with Crippen molar-refractivity contribution < 1.29 is 33.0 Å². The van der Waals surface area contributed by atoms with Crippen molar-refractivity contribution in [1.29, 1.82) is 0 Å². The molecule has 2 aromatic rings. The first-order valence-corrected chi connectivity index (χ1v) is 13.0. The molecule has 39 heavy (non-hydrogen) atoms. The van der Waals surface area contributed by atoms with Crippen LogP contribution in [-0.2, 0) is 21.4 Å². The highest BCUT2D eigenvalue weighted by Gasteiger charge is 2.56. The van der Waals surface area contributed by atoms with Gasteiger partial charge in [-0.15, -0.1) is 0 Å². The summed E-state index contributed by atoms with van der Waals surface area (Å²) >= 11 is 6.30. The number of rotatable bonds is 10. The molecule has 1 atom stereocenters. The molecular formula is C28H31ClF3N3O4. The molecule has 2 aromatic carbocycles. The van der Waals surface area contributed by atoms with Crippen LogP contribution in [-0.4, -0.2) is 66.3 Å². The highest BCUT2D eigenvalue weighted by Crippen LogP contribution is 2.51. The Morgan fingerprint density at radius 1 is 1.21 bits per heavy atom. The van der Waals surface area contributed by atoms with Crippen LogP contribution >= 0.6 is 11.6 Å². The quantitative estimate of drug-likeness (QED) is 0.383. The molecule has 0 aliphatic carbocycles. The van der Waals surface area contributed by atoms with E-state index in [0.29, 0.717) is 19.6 Å². The number of anilines is 1. The zero-order valence-electron chi connectivity index (χ0n) is 21.7. The Balaban J connectivity index is 2.14. The van der Waals surface area contributed by atoms with E-state index >= 15 is 0 Å². The predicted octanol–water partition coefficient (Wildman–Crippen LogP) is 3.52. The minimum atomic E-state index is -4.92. The molecule has 0 bridgehead atoms. The summed E-state index contributed by atoms with van der Waals surface area (Å²) in [5.41, 5.74) is -4.66. The van der Waals surface area contributed by atoms with E-state index in [1.54, 1.807) is 6.07 Å². The molecule has 11 heteroatoms. The van der Waals surface area contributed by atoms with Crippen LogP contribution in [0, 0.1) is 11.8 Å². The van der Waals surface area contributed by atoms with Crippen molar-refractivity contribution in [2.24, 2.45) is 0 Å². The largest absolute Gasteiger partial charge is 0.416 e. The van der Waals surface area contributed by atoms with Crippen molar-refractivity contribution in [2.75, 3.05) is 44.2 Å². The summed E-state index contributed by atoms with van der Waals surface area (Å²) in [5.74, 6) is 4.09. The van der Waals surface area contributed by atoms with Gasteiger partial charge in [0.05, 0.1) is 17.9 Å². The van der Waals surface area contributed by atoms with E-state index in [2.05, 4.69) is 17.2 Å². The molecule has 210 valence electrons. The number of aliphatic hydroxyl groups is 2. The minimum Gasteiger partial charge on any atom is -0.395 e. The number of alkyl halides is 3. The Hall–Kier alpha value is -3.10. The number of nitrogens with one attached hydrogen (secondary N) is 1. The molecule has 1 unspecified atom stereocenters. The van der Waals surface area contributed by atoms with E-state index in [1.807, 2.05) is 18.7 Å². The van der Waals surface area contributed by atoms with Crippen molar-refractivity contribution in [2.45, 2.75) is 38.5 Å². The van der Waals surface area contributed by atoms with Crippen molar-refractivity contribution in [3.63, 3.8) is 0 Å². The highest BCUT2D eigenvalue weighted by atomic mass is 35.5. The van der Waals surface area contributed by atoms with Crippen LogP contribution in [0.15, 0.2) is 36.4 Å². The second-order valence-corrected chi connectivity index (χ2v) is 9.37. The second-order valence-electron chi connectivity index (χ2n) is 8.96. The van der Waals surface area contributed by atoms with Gasteiger partial charge in [0.2, 0.25) is 5.91 Å². The molecule has 1 heterocycles. The van der Waals surface area contributed by atoms with Gasteiger partial charge in [0.15, 0.2) is 5.60 Å². The van der Waals surface area contributed by atoms with Crippen molar-refractivity contribution in [1.82, 2.24) is 10.2 Å². The van der Waals surface area contributed by atoms with Crippen LogP contribution in [0.1, 0.15) is 48.9 Å². The molecule has 0 saturated heterocycles. The summed E-state index contributed by atoms with van der Waals surface area (Å²) in [6.07, 6.45) is -4.84.